The smallest absolute Gasteiger partial charge is 0.331 e. The molecule has 0 aliphatic heterocycles. The maximum Gasteiger partial charge on any atom is 0.331 e. The van der Waals surface area contributed by atoms with Crippen molar-refractivity contribution in [3.8, 4) is 0 Å². The van der Waals surface area contributed by atoms with Gasteiger partial charge in [0, 0.05) is 11.6 Å². The van der Waals surface area contributed by atoms with Gasteiger partial charge in [-0.1, -0.05) is 13.2 Å². The van der Waals surface area contributed by atoms with Crippen LogP contribution in [0, 0.1) is 0 Å². The predicted molar refractivity (Wildman–Crippen MR) is 68.5 cm³/mol. The summed E-state index contributed by atoms with van der Waals surface area (Å²) in [7, 11) is 0. The Kier molecular flexibility index (Phi) is 13.9. The van der Waals surface area contributed by atoms with E-state index in [2.05, 4.69) is 27.9 Å². The van der Waals surface area contributed by atoms with E-state index in [1.54, 1.807) is 0 Å². The average Bonchev–Trinajstić information content (AvgIpc) is 2.44. The number of carbonyl (C=O) groups is 2. The summed E-state index contributed by atoms with van der Waals surface area (Å²) in [4.78, 5) is 45.6. The Morgan fingerprint density at radius 3 is 2.20 bits per heavy atom. The number of carboxylic acid groups (broad SMARTS) is 1. The van der Waals surface area contributed by atoms with E-state index in [9.17, 15) is 19.2 Å². The first-order chi connectivity index (χ1) is 9.49. The number of hydrogen-bond donors (Lipinski definition) is 1. The molecule has 0 unspecified atom stereocenters. The Balaban J connectivity index is 0. The molecular formula is C12H14N2O6. The minimum atomic E-state index is -1.05. The quantitative estimate of drug-likeness (QED) is 0.226. The van der Waals surface area contributed by atoms with Crippen LogP contribution in [0.25, 0.3) is 0 Å². The topological polar surface area (TPSA) is 122 Å². The summed E-state index contributed by atoms with van der Waals surface area (Å²) in [5, 5.41) is 8.24. The lowest BCUT2D eigenvalue weighted by Gasteiger charge is -1.94. The zero-order chi connectivity index (χ0) is 15.8. The molecule has 0 saturated heterocycles. The van der Waals surface area contributed by atoms with Gasteiger partial charge in [0.15, 0.2) is 0 Å². The van der Waals surface area contributed by atoms with Crippen LogP contribution in [-0.2, 0) is 23.9 Å². The Bertz CT molecular complexity index is 443. The Hall–Kier alpha value is -2.82. The van der Waals surface area contributed by atoms with Gasteiger partial charge in [0.25, 0.3) is 0 Å². The first-order valence-electron chi connectivity index (χ1n) is 5.27. The summed E-state index contributed by atoms with van der Waals surface area (Å²) in [6.45, 7) is 6.81. The molecule has 0 rings (SSSR count). The van der Waals surface area contributed by atoms with Crippen molar-refractivity contribution in [1.82, 2.24) is 0 Å². The minimum absolute atomic E-state index is 0.0546. The van der Waals surface area contributed by atoms with Crippen LogP contribution < -0.4 is 0 Å². The van der Waals surface area contributed by atoms with Crippen LogP contribution in [0.1, 0.15) is 6.42 Å². The second kappa shape index (κ2) is 14.2. The number of nitrogens with zero attached hydrogens (tertiary/aromatic N) is 2. The molecular weight excluding hydrogens is 268 g/mol. The van der Waals surface area contributed by atoms with Gasteiger partial charge in [0.2, 0.25) is 12.2 Å². The number of ether oxygens (including phenoxy) is 1. The molecule has 1 N–H and O–H groups in total. The van der Waals surface area contributed by atoms with E-state index >= 15 is 0 Å². The standard InChI is InChI=1S/2C6H7NO3/c1-5(6(9)10)2-3-7-4-8;1-2-6(9)10-4-3-7-5-8/h1-3H2,(H,9,10);2H,1,3-4H2. The van der Waals surface area contributed by atoms with Crippen LogP contribution in [0.4, 0.5) is 0 Å². The van der Waals surface area contributed by atoms with E-state index in [4.69, 9.17) is 5.11 Å². The van der Waals surface area contributed by atoms with Crippen molar-refractivity contribution in [1.29, 1.82) is 0 Å². The summed E-state index contributed by atoms with van der Waals surface area (Å²) in [6.07, 6.45) is 3.87. The highest BCUT2D eigenvalue weighted by molar-refractivity contribution is 5.85. The lowest BCUT2D eigenvalue weighted by atomic mass is 10.2. The van der Waals surface area contributed by atoms with Gasteiger partial charge in [0.05, 0.1) is 13.1 Å². The number of hydrogen-bond acceptors (Lipinski definition) is 7. The molecule has 0 bridgehead atoms. The fraction of sp³-hybridized carbons (Fsp3) is 0.333. The fourth-order valence-corrected chi connectivity index (χ4v) is 0.640. The molecule has 0 aliphatic carbocycles. The highest BCUT2D eigenvalue weighted by Gasteiger charge is 2.01. The zero-order valence-electron chi connectivity index (χ0n) is 10.7. The van der Waals surface area contributed by atoms with Crippen LogP contribution in [0.3, 0.4) is 0 Å². The second-order valence-corrected chi connectivity index (χ2v) is 2.98. The van der Waals surface area contributed by atoms with Gasteiger partial charge in [-0.05, 0) is 6.42 Å². The van der Waals surface area contributed by atoms with Gasteiger partial charge < -0.3 is 9.84 Å². The molecule has 0 radical (unpaired) electrons. The number of aliphatic imine (C=N–C) groups is 2. The molecule has 0 fully saturated rings. The third-order valence-corrected chi connectivity index (χ3v) is 1.57. The Labute approximate surface area is 115 Å². The number of carboxylic acids is 1. The lowest BCUT2D eigenvalue weighted by molar-refractivity contribution is -0.137. The van der Waals surface area contributed by atoms with Crippen molar-refractivity contribution < 1.29 is 29.0 Å². The van der Waals surface area contributed by atoms with Crippen molar-refractivity contribution in [3.63, 3.8) is 0 Å². The van der Waals surface area contributed by atoms with Gasteiger partial charge in [-0.3, -0.25) is 0 Å². The summed E-state index contributed by atoms with van der Waals surface area (Å²) in [5.74, 6) is -1.57. The van der Waals surface area contributed by atoms with Gasteiger partial charge in [-0.25, -0.2) is 29.2 Å². The molecule has 0 aromatic rings. The molecule has 108 valence electrons. The third kappa shape index (κ3) is 15.2. The van der Waals surface area contributed by atoms with Crippen molar-refractivity contribution in [2.24, 2.45) is 9.98 Å². The highest BCUT2D eigenvalue weighted by atomic mass is 16.5. The summed E-state index contributed by atoms with van der Waals surface area (Å²) < 4.78 is 4.46. The van der Waals surface area contributed by atoms with Gasteiger partial charge in [0.1, 0.15) is 6.61 Å². The van der Waals surface area contributed by atoms with Gasteiger partial charge in [-0.15, -0.1) is 0 Å². The molecule has 0 aliphatic rings. The van der Waals surface area contributed by atoms with E-state index < -0.39 is 11.9 Å². The summed E-state index contributed by atoms with van der Waals surface area (Å²) in [5.41, 5.74) is 0.0546. The SMILES string of the molecule is C=C(CCN=C=O)C(=O)O.C=CC(=O)OCCN=C=O. The molecule has 8 nitrogen and oxygen atoms in total. The molecule has 8 heteroatoms. The molecule has 20 heavy (non-hydrogen) atoms. The molecule has 0 heterocycles. The van der Waals surface area contributed by atoms with Crippen LogP contribution >= 0.6 is 0 Å². The van der Waals surface area contributed by atoms with Crippen LogP contribution in [0.15, 0.2) is 34.8 Å². The average molecular weight is 282 g/mol. The first kappa shape index (κ1) is 19.5. The maximum atomic E-state index is 10.3. The number of aliphatic carboxylic acids is 1. The number of esters is 1. The fourth-order valence-electron chi connectivity index (χ4n) is 0.640. The maximum absolute atomic E-state index is 10.3. The summed E-state index contributed by atoms with van der Waals surface area (Å²) >= 11 is 0. The molecule has 0 aromatic carbocycles. The van der Waals surface area contributed by atoms with Crippen LogP contribution in [0.5, 0.6) is 0 Å². The molecule has 0 amide bonds. The summed E-state index contributed by atoms with van der Waals surface area (Å²) in [6, 6.07) is 0. The zero-order valence-corrected chi connectivity index (χ0v) is 10.7. The molecule has 0 saturated carbocycles. The van der Waals surface area contributed by atoms with Crippen molar-refractivity contribution >= 4 is 24.1 Å². The van der Waals surface area contributed by atoms with E-state index in [-0.39, 0.29) is 31.7 Å². The predicted octanol–water partition coefficient (Wildman–Crippen LogP) is 0.404. The van der Waals surface area contributed by atoms with E-state index in [1.165, 1.54) is 12.2 Å². The highest BCUT2D eigenvalue weighted by Crippen LogP contribution is 1.96. The molecule has 0 aromatic heterocycles. The Morgan fingerprint density at radius 2 is 1.75 bits per heavy atom. The van der Waals surface area contributed by atoms with Crippen LogP contribution in [-0.4, -0.2) is 48.9 Å². The third-order valence-electron chi connectivity index (χ3n) is 1.57. The largest absolute Gasteiger partial charge is 0.478 e. The molecule has 0 atom stereocenters. The Morgan fingerprint density at radius 1 is 1.20 bits per heavy atom. The second-order valence-electron chi connectivity index (χ2n) is 2.98. The number of rotatable bonds is 8. The van der Waals surface area contributed by atoms with E-state index in [0.717, 1.165) is 6.08 Å². The van der Waals surface area contributed by atoms with E-state index in [0.29, 0.717) is 0 Å². The normalized spacial score (nSPS) is 7.80. The minimum Gasteiger partial charge on any atom is -0.478 e. The van der Waals surface area contributed by atoms with E-state index in [1.807, 2.05) is 0 Å². The van der Waals surface area contributed by atoms with Crippen molar-refractivity contribution in [3.05, 3.63) is 24.8 Å². The lowest BCUT2D eigenvalue weighted by Crippen LogP contribution is -2.03. The van der Waals surface area contributed by atoms with Gasteiger partial charge in [-0.2, -0.15) is 0 Å². The van der Waals surface area contributed by atoms with Crippen molar-refractivity contribution in [2.45, 2.75) is 6.42 Å². The monoisotopic (exact) mass is 282 g/mol. The van der Waals surface area contributed by atoms with Crippen molar-refractivity contribution in [2.75, 3.05) is 19.7 Å². The first-order valence-corrected chi connectivity index (χ1v) is 5.27. The number of carbonyl (C=O) groups excluding carboxylic acids is 3. The van der Waals surface area contributed by atoms with Gasteiger partial charge >= 0.3 is 11.9 Å². The van der Waals surface area contributed by atoms with Crippen LogP contribution in [0.2, 0.25) is 0 Å². The molecule has 0 spiro atoms. The number of isocyanates is 2.